The van der Waals surface area contributed by atoms with Gasteiger partial charge in [0, 0.05) is 28.5 Å². The van der Waals surface area contributed by atoms with Crippen molar-refractivity contribution in [1.82, 2.24) is 10.2 Å². The number of rotatable bonds is 11. The van der Waals surface area contributed by atoms with Gasteiger partial charge in [-0.05, 0) is 75.2 Å². The molecular weight excluding hydrogens is 648 g/mol. The van der Waals surface area contributed by atoms with E-state index in [2.05, 4.69) is 5.32 Å². The van der Waals surface area contributed by atoms with Crippen molar-refractivity contribution < 1.29 is 22.4 Å². The van der Waals surface area contributed by atoms with Crippen molar-refractivity contribution in [1.29, 1.82) is 0 Å². The minimum atomic E-state index is -4.44. The molecule has 11 heteroatoms. The minimum absolute atomic E-state index is 0.115. The number of amides is 2. The van der Waals surface area contributed by atoms with E-state index in [-0.39, 0.29) is 28.6 Å². The number of sulfonamides is 1. The lowest BCUT2D eigenvalue weighted by Crippen LogP contribution is -2.56. The zero-order chi connectivity index (χ0) is 33.6. The summed E-state index contributed by atoms with van der Waals surface area (Å²) in [5.74, 6) is -2.02. The summed E-state index contributed by atoms with van der Waals surface area (Å²) in [6.45, 7) is 6.32. The number of para-hydroxylation sites is 1. The lowest BCUT2D eigenvalue weighted by Gasteiger charge is -2.35. The third-order valence-corrected chi connectivity index (χ3v) is 9.49. The smallest absolute Gasteiger partial charge is 0.264 e. The number of nitrogens with one attached hydrogen (secondary N) is 1. The van der Waals surface area contributed by atoms with Crippen molar-refractivity contribution in [3.63, 3.8) is 0 Å². The number of anilines is 1. The molecule has 4 aromatic carbocycles. The van der Waals surface area contributed by atoms with Gasteiger partial charge in [-0.25, -0.2) is 12.8 Å². The van der Waals surface area contributed by atoms with Crippen molar-refractivity contribution in [3.8, 4) is 0 Å². The van der Waals surface area contributed by atoms with Crippen LogP contribution in [0.1, 0.15) is 37.5 Å². The van der Waals surface area contributed by atoms with Crippen LogP contribution in [-0.4, -0.2) is 43.3 Å². The highest BCUT2D eigenvalue weighted by atomic mass is 35.5. The molecule has 0 unspecified atom stereocenters. The van der Waals surface area contributed by atoms with E-state index in [4.69, 9.17) is 23.2 Å². The molecular formula is C35H36Cl2FN3O4S. The monoisotopic (exact) mass is 683 g/mol. The highest BCUT2D eigenvalue weighted by Gasteiger charge is 2.36. The Balaban J connectivity index is 1.85. The first kappa shape index (κ1) is 34.9. The maximum atomic E-state index is 15.3. The van der Waals surface area contributed by atoms with E-state index in [0.717, 1.165) is 21.5 Å². The van der Waals surface area contributed by atoms with Gasteiger partial charge < -0.3 is 10.2 Å². The topological polar surface area (TPSA) is 86.8 Å². The summed E-state index contributed by atoms with van der Waals surface area (Å²) in [6, 6.07) is 24.2. The van der Waals surface area contributed by atoms with Crippen LogP contribution < -0.4 is 9.62 Å². The molecule has 0 aliphatic carbocycles. The van der Waals surface area contributed by atoms with E-state index in [9.17, 15) is 18.0 Å². The molecule has 0 radical (unpaired) electrons. The summed E-state index contributed by atoms with van der Waals surface area (Å²) in [5.41, 5.74) is 1.13. The van der Waals surface area contributed by atoms with Crippen LogP contribution >= 0.6 is 23.2 Å². The molecule has 242 valence electrons. The quantitative estimate of drug-likeness (QED) is 0.181. The van der Waals surface area contributed by atoms with Crippen LogP contribution in [0.5, 0.6) is 0 Å². The molecule has 0 heterocycles. The Labute approximate surface area is 280 Å². The molecule has 0 saturated heterocycles. The SMILES string of the molecule is Cc1ccc(S(=O)(=O)N(CC(=O)N(Cc2ccc(Cl)cc2Cl)[C@@H](Cc2ccccc2)C(=O)NC(C)(C)C)c2ccccc2F)cc1. The van der Waals surface area contributed by atoms with Crippen LogP contribution in [0, 0.1) is 12.7 Å². The molecule has 4 rings (SSSR count). The number of hydrogen-bond acceptors (Lipinski definition) is 4. The van der Waals surface area contributed by atoms with Crippen LogP contribution in [-0.2, 0) is 32.6 Å². The number of carbonyl (C=O) groups excluding carboxylic acids is 2. The van der Waals surface area contributed by atoms with E-state index in [1.165, 1.54) is 41.3 Å². The van der Waals surface area contributed by atoms with Gasteiger partial charge in [0.2, 0.25) is 11.8 Å². The highest BCUT2D eigenvalue weighted by Crippen LogP contribution is 2.29. The predicted octanol–water partition coefficient (Wildman–Crippen LogP) is 7.19. The lowest BCUT2D eigenvalue weighted by atomic mass is 10.0. The van der Waals surface area contributed by atoms with Crippen molar-refractivity contribution in [3.05, 3.63) is 130 Å². The molecule has 46 heavy (non-hydrogen) atoms. The van der Waals surface area contributed by atoms with Gasteiger partial charge in [0.25, 0.3) is 10.0 Å². The summed E-state index contributed by atoms with van der Waals surface area (Å²) < 4.78 is 44.1. The van der Waals surface area contributed by atoms with Gasteiger partial charge in [-0.15, -0.1) is 0 Å². The van der Waals surface area contributed by atoms with Gasteiger partial charge >= 0.3 is 0 Å². The number of halogens is 3. The van der Waals surface area contributed by atoms with Gasteiger partial charge in [-0.3, -0.25) is 13.9 Å². The second-order valence-electron chi connectivity index (χ2n) is 12.0. The molecule has 4 aromatic rings. The van der Waals surface area contributed by atoms with E-state index in [1.54, 1.807) is 24.3 Å². The van der Waals surface area contributed by atoms with Crippen LogP contribution in [0.3, 0.4) is 0 Å². The van der Waals surface area contributed by atoms with E-state index in [0.29, 0.717) is 10.6 Å². The molecule has 0 spiro atoms. The first-order valence-electron chi connectivity index (χ1n) is 14.6. The zero-order valence-corrected chi connectivity index (χ0v) is 28.3. The molecule has 1 atom stereocenters. The summed E-state index contributed by atoms with van der Waals surface area (Å²) >= 11 is 12.7. The van der Waals surface area contributed by atoms with Crippen molar-refractivity contribution >= 4 is 50.7 Å². The normalized spacial score (nSPS) is 12.3. The second-order valence-corrected chi connectivity index (χ2v) is 14.7. The fraction of sp³-hybridized carbons (Fsp3) is 0.257. The maximum absolute atomic E-state index is 15.3. The van der Waals surface area contributed by atoms with Gasteiger partial charge in [0.1, 0.15) is 18.4 Å². The second kappa shape index (κ2) is 14.7. The molecule has 0 aromatic heterocycles. The third kappa shape index (κ3) is 8.87. The number of hydrogen-bond donors (Lipinski definition) is 1. The lowest BCUT2D eigenvalue weighted by molar-refractivity contribution is -0.140. The average Bonchev–Trinajstić information content (AvgIpc) is 2.99. The predicted molar refractivity (Wildman–Crippen MR) is 181 cm³/mol. The first-order valence-corrected chi connectivity index (χ1v) is 16.8. The molecule has 0 saturated carbocycles. The molecule has 0 bridgehead atoms. The fourth-order valence-corrected chi connectivity index (χ4v) is 6.74. The Bertz CT molecular complexity index is 1800. The fourth-order valence-electron chi connectivity index (χ4n) is 4.85. The average molecular weight is 685 g/mol. The minimum Gasteiger partial charge on any atom is -0.350 e. The van der Waals surface area contributed by atoms with E-state index in [1.807, 2.05) is 58.0 Å². The van der Waals surface area contributed by atoms with Crippen molar-refractivity contribution in [2.24, 2.45) is 0 Å². The van der Waals surface area contributed by atoms with Crippen LogP contribution in [0.15, 0.2) is 102 Å². The summed E-state index contributed by atoms with van der Waals surface area (Å²) in [7, 11) is -4.44. The Hall–Kier alpha value is -3.92. The highest BCUT2D eigenvalue weighted by molar-refractivity contribution is 7.92. The standard InChI is InChI=1S/C35H36Cl2FN3O4S/c1-24-14-18-28(19-15-24)46(44,45)41(31-13-9-8-12-30(31)38)23-33(42)40(22-26-16-17-27(36)21-29(26)37)32(34(43)39-35(2,3)4)20-25-10-6-5-7-11-25/h5-19,21,32H,20,22-23H2,1-4H3,(H,39,43)/t32-/m0/s1. The van der Waals surface area contributed by atoms with Gasteiger partial charge in [-0.1, -0.05) is 89.4 Å². The number of carbonyl (C=O) groups is 2. The largest absolute Gasteiger partial charge is 0.350 e. The molecule has 0 fully saturated rings. The number of nitrogens with zero attached hydrogens (tertiary/aromatic N) is 2. The molecule has 2 amide bonds. The van der Waals surface area contributed by atoms with Gasteiger partial charge in [0.05, 0.1) is 10.6 Å². The van der Waals surface area contributed by atoms with Crippen molar-refractivity contribution in [2.75, 3.05) is 10.8 Å². The summed E-state index contributed by atoms with van der Waals surface area (Å²) in [4.78, 5) is 29.6. The number of benzene rings is 4. The Morgan fingerprint density at radius 1 is 0.891 bits per heavy atom. The molecule has 0 aliphatic rings. The van der Waals surface area contributed by atoms with Gasteiger partial charge in [-0.2, -0.15) is 0 Å². The number of aryl methyl sites for hydroxylation is 1. The van der Waals surface area contributed by atoms with Gasteiger partial charge in [0.15, 0.2) is 0 Å². The maximum Gasteiger partial charge on any atom is 0.264 e. The summed E-state index contributed by atoms with van der Waals surface area (Å²) in [6.07, 6.45) is 0.115. The zero-order valence-electron chi connectivity index (χ0n) is 26.0. The van der Waals surface area contributed by atoms with E-state index >= 15 is 4.39 Å². The molecule has 7 nitrogen and oxygen atoms in total. The Morgan fingerprint density at radius 2 is 1.52 bits per heavy atom. The molecule has 0 aliphatic heterocycles. The first-order chi connectivity index (χ1) is 21.7. The summed E-state index contributed by atoms with van der Waals surface area (Å²) in [5, 5.41) is 3.61. The van der Waals surface area contributed by atoms with Crippen LogP contribution in [0.25, 0.3) is 0 Å². The van der Waals surface area contributed by atoms with E-state index < -0.39 is 45.8 Å². The van der Waals surface area contributed by atoms with Crippen LogP contribution in [0.4, 0.5) is 10.1 Å². The molecule has 1 N–H and O–H groups in total. The van der Waals surface area contributed by atoms with Crippen LogP contribution in [0.2, 0.25) is 10.0 Å². The Morgan fingerprint density at radius 3 is 2.13 bits per heavy atom. The van der Waals surface area contributed by atoms with Crippen molar-refractivity contribution in [2.45, 2.75) is 57.1 Å². The third-order valence-electron chi connectivity index (χ3n) is 7.13. The Kier molecular flexibility index (Phi) is 11.1.